The van der Waals surface area contributed by atoms with Crippen molar-refractivity contribution in [1.29, 1.82) is 0 Å². The number of aromatic nitrogens is 1. The fraction of sp³-hybridized carbons (Fsp3) is 0.524. The monoisotopic (exact) mass is 356 g/mol. The lowest BCUT2D eigenvalue weighted by Gasteiger charge is -2.52. The topological polar surface area (TPSA) is 68.9 Å². The van der Waals surface area contributed by atoms with Crippen molar-refractivity contribution in [3.8, 4) is 5.75 Å². The number of hydrogen-bond donors (Lipinski definition) is 3. The number of benzene rings is 1. The van der Waals surface area contributed by atoms with Crippen LogP contribution in [0, 0.1) is 11.8 Å². The standard InChI is InChI=1S/C21H28N2O3/c1-4-12(10-24)14-8-20-21-16(9-19(22(20)2)17(14)11-25)15-7-13(26)5-6-18(15)23(21)3/h4-7,14,17,19-20,24-26H,8-11H2,1-3H3/t14-,17?,19+,20+/m1/s1. The van der Waals surface area contributed by atoms with Crippen molar-refractivity contribution >= 4 is 10.9 Å². The minimum absolute atomic E-state index is 0.0522. The van der Waals surface area contributed by atoms with E-state index in [1.54, 1.807) is 6.07 Å². The van der Waals surface area contributed by atoms with E-state index in [1.807, 2.05) is 25.1 Å². The van der Waals surface area contributed by atoms with Gasteiger partial charge in [-0.1, -0.05) is 6.08 Å². The average Bonchev–Trinajstić information content (AvgIpc) is 2.89. The van der Waals surface area contributed by atoms with Gasteiger partial charge in [0.15, 0.2) is 0 Å². The summed E-state index contributed by atoms with van der Waals surface area (Å²) < 4.78 is 2.26. The number of phenols is 1. The Morgan fingerprint density at radius 3 is 2.69 bits per heavy atom. The Labute approximate surface area is 154 Å². The molecular formula is C21H28N2O3. The Bertz CT molecular complexity index is 870. The van der Waals surface area contributed by atoms with Crippen molar-refractivity contribution in [2.75, 3.05) is 20.3 Å². The molecule has 0 spiro atoms. The van der Waals surface area contributed by atoms with Crippen LogP contribution in [0.1, 0.15) is 30.6 Å². The van der Waals surface area contributed by atoms with E-state index in [4.69, 9.17) is 0 Å². The number of aryl methyl sites for hydroxylation is 1. The van der Waals surface area contributed by atoms with Gasteiger partial charge in [-0.2, -0.15) is 0 Å². The van der Waals surface area contributed by atoms with Gasteiger partial charge in [0.2, 0.25) is 0 Å². The first-order chi connectivity index (χ1) is 12.5. The third-order valence-electron chi connectivity index (χ3n) is 6.81. The summed E-state index contributed by atoms with van der Waals surface area (Å²) in [5.41, 5.74) is 4.78. The second-order valence-corrected chi connectivity index (χ2v) is 7.79. The Morgan fingerprint density at radius 2 is 2.04 bits per heavy atom. The molecule has 1 aromatic carbocycles. The summed E-state index contributed by atoms with van der Waals surface area (Å²) in [5, 5.41) is 31.1. The highest BCUT2D eigenvalue weighted by molar-refractivity contribution is 5.87. The SMILES string of the molecule is CC=C(CO)[C@H]1C[C@H]2c3c(c4cc(O)ccc4n3C)C[C@@H](C1CO)N2C. The van der Waals surface area contributed by atoms with E-state index < -0.39 is 0 Å². The molecule has 3 heterocycles. The summed E-state index contributed by atoms with van der Waals surface area (Å²) in [4.78, 5) is 2.41. The molecule has 0 amide bonds. The Hall–Kier alpha value is -1.82. The number of allylic oxidation sites excluding steroid dienone is 1. The van der Waals surface area contributed by atoms with Crippen molar-refractivity contribution in [3.05, 3.63) is 41.1 Å². The van der Waals surface area contributed by atoms with Crippen LogP contribution in [0.4, 0.5) is 0 Å². The van der Waals surface area contributed by atoms with Crippen LogP contribution in [0.3, 0.4) is 0 Å². The molecule has 1 fully saturated rings. The van der Waals surface area contributed by atoms with Crippen LogP contribution in [0.25, 0.3) is 10.9 Å². The summed E-state index contributed by atoms with van der Waals surface area (Å²) >= 11 is 0. The number of hydrogen-bond acceptors (Lipinski definition) is 4. The van der Waals surface area contributed by atoms with Crippen LogP contribution in [0.2, 0.25) is 0 Å². The van der Waals surface area contributed by atoms with Gasteiger partial charge in [-0.05, 0) is 62.1 Å². The first-order valence-electron chi connectivity index (χ1n) is 9.40. The number of phenolic OH excluding ortho intramolecular Hbond substituents is 1. The van der Waals surface area contributed by atoms with E-state index in [0.717, 1.165) is 29.3 Å². The molecule has 1 saturated heterocycles. The lowest BCUT2D eigenvalue weighted by molar-refractivity contribution is -0.0103. The second kappa shape index (κ2) is 6.41. The molecule has 4 atom stereocenters. The molecule has 1 unspecified atom stereocenters. The third-order valence-corrected chi connectivity index (χ3v) is 6.81. The highest BCUT2D eigenvalue weighted by Gasteiger charge is 2.47. The summed E-state index contributed by atoms with van der Waals surface area (Å²) in [6, 6.07) is 6.07. The molecule has 0 saturated carbocycles. The predicted octanol–water partition coefficient (Wildman–Crippen LogP) is 2.35. The lowest BCUT2D eigenvalue weighted by atomic mass is 9.68. The third kappa shape index (κ3) is 2.34. The number of nitrogens with zero attached hydrogens (tertiary/aromatic N) is 2. The molecule has 0 radical (unpaired) electrons. The number of fused-ring (bicyclic) bond motifs is 6. The number of aromatic hydroxyl groups is 1. The number of piperidine rings is 1. The van der Waals surface area contributed by atoms with E-state index >= 15 is 0 Å². The highest BCUT2D eigenvalue weighted by Crippen LogP contribution is 2.50. The Morgan fingerprint density at radius 1 is 1.27 bits per heavy atom. The van der Waals surface area contributed by atoms with Gasteiger partial charge < -0.3 is 19.9 Å². The molecule has 0 aliphatic carbocycles. The number of likely N-dealkylation sites (N-methyl/N-ethyl adjacent to an activating group) is 1. The zero-order valence-corrected chi connectivity index (χ0v) is 15.7. The fourth-order valence-electron chi connectivity index (χ4n) is 5.46. The van der Waals surface area contributed by atoms with Gasteiger partial charge in [0.25, 0.3) is 0 Å². The first-order valence-corrected chi connectivity index (χ1v) is 9.40. The molecule has 2 aromatic rings. The van der Waals surface area contributed by atoms with Gasteiger partial charge in [0, 0.05) is 42.2 Å². The number of aliphatic hydroxyl groups excluding tert-OH is 2. The van der Waals surface area contributed by atoms with Crippen LogP contribution >= 0.6 is 0 Å². The van der Waals surface area contributed by atoms with Crippen LogP contribution < -0.4 is 0 Å². The highest BCUT2D eigenvalue weighted by atomic mass is 16.3. The van der Waals surface area contributed by atoms with Crippen molar-refractivity contribution < 1.29 is 15.3 Å². The Balaban J connectivity index is 1.89. The van der Waals surface area contributed by atoms with Gasteiger partial charge in [-0.15, -0.1) is 0 Å². The smallest absolute Gasteiger partial charge is 0.116 e. The summed E-state index contributed by atoms with van der Waals surface area (Å²) in [5.74, 6) is 0.596. The van der Waals surface area contributed by atoms with E-state index in [9.17, 15) is 15.3 Å². The van der Waals surface area contributed by atoms with E-state index in [0.29, 0.717) is 5.75 Å². The van der Waals surface area contributed by atoms with E-state index in [2.05, 4.69) is 23.6 Å². The van der Waals surface area contributed by atoms with Crippen LogP contribution in [-0.4, -0.2) is 51.1 Å². The molecule has 2 aliphatic heterocycles. The number of aliphatic hydroxyl groups is 2. The molecule has 26 heavy (non-hydrogen) atoms. The maximum Gasteiger partial charge on any atom is 0.116 e. The fourth-order valence-corrected chi connectivity index (χ4v) is 5.46. The second-order valence-electron chi connectivity index (χ2n) is 7.79. The first kappa shape index (κ1) is 17.6. The molecule has 5 nitrogen and oxygen atoms in total. The molecular weight excluding hydrogens is 328 g/mol. The number of rotatable bonds is 3. The van der Waals surface area contributed by atoms with Crippen molar-refractivity contribution in [2.24, 2.45) is 18.9 Å². The van der Waals surface area contributed by atoms with Gasteiger partial charge >= 0.3 is 0 Å². The van der Waals surface area contributed by atoms with Gasteiger partial charge in [-0.3, -0.25) is 4.90 Å². The molecule has 2 bridgehead atoms. The molecule has 1 aromatic heterocycles. The maximum absolute atomic E-state index is 10.2. The van der Waals surface area contributed by atoms with E-state index in [1.165, 1.54) is 11.3 Å². The van der Waals surface area contributed by atoms with Gasteiger partial charge in [0.05, 0.1) is 12.6 Å². The van der Waals surface area contributed by atoms with Crippen molar-refractivity contribution in [3.63, 3.8) is 0 Å². The molecule has 5 heteroatoms. The molecule has 4 rings (SSSR count). The zero-order valence-electron chi connectivity index (χ0n) is 15.7. The van der Waals surface area contributed by atoms with Crippen LogP contribution in [0.5, 0.6) is 5.75 Å². The van der Waals surface area contributed by atoms with Gasteiger partial charge in [-0.25, -0.2) is 0 Å². The molecule has 3 N–H and O–H groups in total. The quantitative estimate of drug-likeness (QED) is 0.739. The zero-order chi connectivity index (χ0) is 18.6. The molecule has 140 valence electrons. The normalized spacial score (nSPS) is 29.2. The largest absolute Gasteiger partial charge is 0.508 e. The maximum atomic E-state index is 10.2. The summed E-state index contributed by atoms with van der Waals surface area (Å²) in [6.07, 6.45) is 3.75. The van der Waals surface area contributed by atoms with Crippen LogP contribution in [-0.2, 0) is 13.5 Å². The Kier molecular flexibility index (Phi) is 4.34. The van der Waals surface area contributed by atoms with Crippen molar-refractivity contribution in [2.45, 2.75) is 31.8 Å². The van der Waals surface area contributed by atoms with E-state index in [-0.39, 0.29) is 37.1 Å². The minimum Gasteiger partial charge on any atom is -0.508 e. The van der Waals surface area contributed by atoms with Crippen molar-refractivity contribution in [1.82, 2.24) is 9.47 Å². The molecule has 2 aliphatic rings. The lowest BCUT2D eigenvalue weighted by Crippen LogP contribution is -2.54. The summed E-state index contributed by atoms with van der Waals surface area (Å²) in [6.45, 7) is 2.14. The summed E-state index contributed by atoms with van der Waals surface area (Å²) in [7, 11) is 4.25. The van der Waals surface area contributed by atoms with Crippen LogP contribution in [0.15, 0.2) is 29.8 Å². The minimum atomic E-state index is 0.0522. The predicted molar refractivity (Wildman–Crippen MR) is 102 cm³/mol. The average molecular weight is 356 g/mol. The van der Waals surface area contributed by atoms with Gasteiger partial charge in [0.1, 0.15) is 5.75 Å².